The lowest BCUT2D eigenvalue weighted by atomic mass is 9.71. The Bertz CT molecular complexity index is 1480. The summed E-state index contributed by atoms with van der Waals surface area (Å²) >= 11 is 0. The van der Waals surface area contributed by atoms with Crippen LogP contribution in [0.15, 0.2) is 18.7 Å². The van der Waals surface area contributed by atoms with Crippen molar-refractivity contribution >= 4 is 6.16 Å². The lowest BCUT2D eigenvalue weighted by molar-refractivity contribution is -0.0736. The molecule has 1 unspecified atom stereocenters. The number of carbonyl (C=O) groups excluding carboxylic acids is 1. The number of aryl methyl sites for hydroxylation is 1. The predicted octanol–water partition coefficient (Wildman–Crippen LogP) is 4.63. The number of nitriles is 1. The highest BCUT2D eigenvalue weighted by atomic mass is 16.7. The van der Waals surface area contributed by atoms with Crippen LogP contribution >= 0.6 is 0 Å². The molecule has 2 bridgehead atoms. The number of hydrogen-bond acceptors (Lipinski definition) is 10. The number of benzene rings is 2. The standard InChI is InChI=1S/C31H35N3O7/c1-7-9-38-31(36)41-28-16(4)29-30(40-14-39-29)24-18(28)12-21-25-23-17(10-15(3)27(37-6)26(23)35)11-20(33(25)5)22(13-32)34(21)19(24)8-2/h7,10,19-22,25,35H,1,8-9,11-12,14H2,2-6H3/t19-,20-,21?,22-,25-/m0/s1. The average molecular weight is 562 g/mol. The second-order valence-electron chi connectivity index (χ2n) is 11.1. The van der Waals surface area contributed by atoms with E-state index in [1.165, 1.54) is 6.08 Å². The number of methoxy groups -OCH3 is 1. The molecule has 216 valence electrons. The number of hydrogen-bond donors (Lipinski definition) is 1. The predicted molar refractivity (Wildman–Crippen MR) is 149 cm³/mol. The molecule has 0 saturated carbocycles. The molecule has 1 N–H and O–H groups in total. The number of piperazine rings is 1. The summed E-state index contributed by atoms with van der Waals surface area (Å²) in [5, 5.41) is 22.2. The van der Waals surface area contributed by atoms with E-state index in [0.717, 1.165) is 27.8 Å². The van der Waals surface area contributed by atoms with Gasteiger partial charge >= 0.3 is 6.16 Å². The Kier molecular flexibility index (Phi) is 6.75. The molecular formula is C31H35N3O7. The Labute approximate surface area is 239 Å². The Morgan fingerprint density at radius 3 is 2.66 bits per heavy atom. The van der Waals surface area contributed by atoms with Gasteiger partial charge in [0.15, 0.2) is 23.0 Å². The van der Waals surface area contributed by atoms with E-state index in [4.69, 9.17) is 23.7 Å². The van der Waals surface area contributed by atoms with Gasteiger partial charge in [-0.15, -0.1) is 0 Å². The van der Waals surface area contributed by atoms with Crippen LogP contribution in [0.4, 0.5) is 4.79 Å². The fraction of sp³-hybridized carbons (Fsp3) is 0.484. The van der Waals surface area contributed by atoms with Crippen molar-refractivity contribution < 1.29 is 33.6 Å². The van der Waals surface area contributed by atoms with Crippen LogP contribution in [0.25, 0.3) is 0 Å². The molecule has 0 aliphatic carbocycles. The van der Waals surface area contributed by atoms with E-state index >= 15 is 0 Å². The topological polar surface area (TPSA) is 114 Å². The molecule has 4 aliphatic rings. The quantitative estimate of drug-likeness (QED) is 0.315. The molecule has 10 nitrogen and oxygen atoms in total. The van der Waals surface area contributed by atoms with Gasteiger partial charge in [-0.1, -0.05) is 25.6 Å². The van der Waals surface area contributed by atoms with E-state index in [1.54, 1.807) is 7.11 Å². The van der Waals surface area contributed by atoms with Gasteiger partial charge in [0.25, 0.3) is 0 Å². The lowest BCUT2D eigenvalue weighted by Crippen LogP contribution is -2.68. The third kappa shape index (κ3) is 3.86. The van der Waals surface area contributed by atoms with Gasteiger partial charge in [-0.2, -0.15) is 5.26 Å². The number of rotatable bonds is 5. The number of fused-ring (bicyclic) bond motifs is 9. The van der Waals surface area contributed by atoms with Gasteiger partial charge in [-0.3, -0.25) is 9.80 Å². The summed E-state index contributed by atoms with van der Waals surface area (Å²) in [6, 6.07) is 3.52. The normalized spacial score (nSPS) is 25.8. The van der Waals surface area contributed by atoms with E-state index in [0.29, 0.717) is 47.8 Å². The number of nitrogens with zero attached hydrogens (tertiary/aromatic N) is 3. The molecule has 2 aromatic rings. The van der Waals surface area contributed by atoms with E-state index in [2.05, 4.69) is 35.4 Å². The third-order valence-electron chi connectivity index (χ3n) is 9.16. The first kappa shape index (κ1) is 27.2. The van der Waals surface area contributed by atoms with Crippen LogP contribution < -0.4 is 18.9 Å². The Morgan fingerprint density at radius 1 is 1.22 bits per heavy atom. The second kappa shape index (κ2) is 10.2. The summed E-state index contributed by atoms with van der Waals surface area (Å²) in [5.74, 6) is 2.16. The minimum absolute atomic E-state index is 0.0219. The second-order valence-corrected chi connectivity index (χ2v) is 11.1. The highest BCUT2D eigenvalue weighted by Crippen LogP contribution is 2.58. The van der Waals surface area contributed by atoms with E-state index in [9.17, 15) is 15.2 Å². The maximum absolute atomic E-state index is 12.7. The zero-order valence-electron chi connectivity index (χ0n) is 24.0. The summed E-state index contributed by atoms with van der Waals surface area (Å²) in [6.07, 6.45) is 2.40. The summed E-state index contributed by atoms with van der Waals surface area (Å²) in [5.41, 5.74) is 5.06. The fourth-order valence-electron chi connectivity index (χ4n) is 7.61. The third-order valence-corrected chi connectivity index (χ3v) is 9.16. The highest BCUT2D eigenvalue weighted by Gasteiger charge is 2.56. The lowest BCUT2D eigenvalue weighted by Gasteiger charge is -2.60. The molecule has 41 heavy (non-hydrogen) atoms. The van der Waals surface area contributed by atoms with Gasteiger partial charge < -0.3 is 28.8 Å². The number of phenolic OH excluding ortho intramolecular Hbond substituents is 1. The van der Waals surface area contributed by atoms with Gasteiger partial charge in [0.1, 0.15) is 18.4 Å². The van der Waals surface area contributed by atoms with E-state index in [1.807, 2.05) is 20.9 Å². The maximum Gasteiger partial charge on any atom is 0.514 e. The SMILES string of the molecule is C=CCOC(=O)Oc1c(C)c2c(c3c1CC1[C@H]4c5c(cc(C)c(OC)c5O)C[C@@H]([C@H](C#N)N1[C@H]3CC)N4C)OCO2. The van der Waals surface area contributed by atoms with Crippen LogP contribution in [0, 0.1) is 25.2 Å². The van der Waals surface area contributed by atoms with Crippen molar-refractivity contribution in [3.63, 3.8) is 0 Å². The highest BCUT2D eigenvalue weighted by molar-refractivity contribution is 5.72. The molecule has 2 aromatic carbocycles. The summed E-state index contributed by atoms with van der Waals surface area (Å²) in [7, 11) is 3.59. The van der Waals surface area contributed by atoms with Gasteiger partial charge in [0.2, 0.25) is 6.79 Å². The molecule has 1 fully saturated rings. The number of carbonyl (C=O) groups is 1. The van der Waals surface area contributed by atoms with Crippen LogP contribution in [-0.4, -0.2) is 66.7 Å². The zero-order valence-corrected chi connectivity index (χ0v) is 24.0. The molecule has 1 saturated heterocycles. The van der Waals surface area contributed by atoms with Crippen molar-refractivity contribution in [2.45, 2.75) is 70.2 Å². The molecular weight excluding hydrogens is 526 g/mol. The maximum atomic E-state index is 12.7. The van der Waals surface area contributed by atoms with Crippen LogP contribution in [0.3, 0.4) is 0 Å². The van der Waals surface area contributed by atoms with Gasteiger partial charge in [0.05, 0.1) is 19.2 Å². The average Bonchev–Trinajstić information content (AvgIpc) is 3.44. The molecule has 0 radical (unpaired) electrons. The van der Waals surface area contributed by atoms with Crippen LogP contribution in [-0.2, 0) is 17.6 Å². The Morgan fingerprint density at radius 2 is 1.98 bits per heavy atom. The molecule has 6 rings (SSSR count). The number of likely N-dealkylation sites (N-methyl/N-ethyl adjacent to an activating group) is 1. The molecule has 5 atom stereocenters. The van der Waals surface area contributed by atoms with Gasteiger partial charge in [0, 0.05) is 40.4 Å². The minimum atomic E-state index is -0.832. The van der Waals surface area contributed by atoms with Crippen molar-refractivity contribution in [2.24, 2.45) is 0 Å². The van der Waals surface area contributed by atoms with Crippen molar-refractivity contribution in [2.75, 3.05) is 27.6 Å². The van der Waals surface area contributed by atoms with Crippen LogP contribution in [0.5, 0.6) is 28.7 Å². The smallest absolute Gasteiger partial charge is 0.504 e. The summed E-state index contributed by atoms with van der Waals surface area (Å²) in [4.78, 5) is 17.2. The van der Waals surface area contributed by atoms with Crippen LogP contribution in [0.1, 0.15) is 58.8 Å². The van der Waals surface area contributed by atoms with Crippen molar-refractivity contribution in [3.05, 3.63) is 52.1 Å². The number of phenols is 1. The van der Waals surface area contributed by atoms with Crippen molar-refractivity contribution in [3.8, 4) is 34.8 Å². The van der Waals surface area contributed by atoms with Gasteiger partial charge in [-0.25, -0.2) is 4.79 Å². The largest absolute Gasteiger partial charge is 0.514 e. The first-order valence-corrected chi connectivity index (χ1v) is 14.0. The first-order valence-electron chi connectivity index (χ1n) is 14.0. The molecule has 10 heteroatoms. The Hall–Kier alpha value is -3.94. The molecule has 4 heterocycles. The van der Waals surface area contributed by atoms with Crippen molar-refractivity contribution in [1.82, 2.24) is 9.80 Å². The molecule has 0 spiro atoms. The summed E-state index contributed by atoms with van der Waals surface area (Å²) in [6.45, 7) is 9.53. The van der Waals surface area contributed by atoms with Gasteiger partial charge in [-0.05, 0) is 51.3 Å². The van der Waals surface area contributed by atoms with E-state index in [-0.39, 0.29) is 43.3 Å². The molecule has 0 amide bonds. The monoisotopic (exact) mass is 561 g/mol. The summed E-state index contributed by atoms with van der Waals surface area (Å²) < 4.78 is 28.5. The number of ether oxygens (including phenoxy) is 5. The zero-order chi connectivity index (χ0) is 29.2. The first-order chi connectivity index (χ1) is 19.8. The number of aromatic hydroxyl groups is 1. The van der Waals surface area contributed by atoms with Crippen LogP contribution in [0.2, 0.25) is 0 Å². The fourth-order valence-corrected chi connectivity index (χ4v) is 7.61. The molecule has 0 aromatic heterocycles. The van der Waals surface area contributed by atoms with E-state index < -0.39 is 12.2 Å². The van der Waals surface area contributed by atoms with Crippen molar-refractivity contribution in [1.29, 1.82) is 5.26 Å². The molecule has 4 aliphatic heterocycles. The Balaban J connectivity index is 1.57. The minimum Gasteiger partial charge on any atom is -0.504 e.